The predicted octanol–water partition coefficient (Wildman–Crippen LogP) is 0.273. The Morgan fingerprint density at radius 1 is 1.39 bits per heavy atom. The van der Waals surface area contributed by atoms with E-state index in [1.54, 1.807) is 7.05 Å². The Labute approximate surface area is 106 Å². The summed E-state index contributed by atoms with van der Waals surface area (Å²) in [6.07, 6.45) is 2.23. The molecule has 0 aromatic carbocycles. The van der Waals surface area contributed by atoms with Crippen molar-refractivity contribution in [3.05, 3.63) is 0 Å². The molecule has 2 rings (SSSR count). The number of hydrogen-bond acceptors (Lipinski definition) is 7. The van der Waals surface area contributed by atoms with Gasteiger partial charge in [-0.05, 0) is 19.8 Å². The van der Waals surface area contributed by atoms with Gasteiger partial charge in [0.1, 0.15) is 0 Å². The molecule has 0 saturated heterocycles. The van der Waals surface area contributed by atoms with Gasteiger partial charge in [0, 0.05) is 19.6 Å². The first-order valence-corrected chi connectivity index (χ1v) is 6.22. The largest absolute Gasteiger partial charge is 0.464 e. The van der Waals surface area contributed by atoms with Crippen molar-refractivity contribution in [3.8, 4) is 6.01 Å². The van der Waals surface area contributed by atoms with E-state index >= 15 is 0 Å². The summed E-state index contributed by atoms with van der Waals surface area (Å²) in [4.78, 5) is 14.7. The molecule has 0 amide bonds. The Morgan fingerprint density at radius 3 is 2.72 bits per heavy atom. The molecule has 0 unspecified atom stereocenters. The number of nitrogens with one attached hydrogen (secondary N) is 1. The zero-order valence-electron chi connectivity index (χ0n) is 10.8. The minimum atomic E-state index is 0.0844. The van der Waals surface area contributed by atoms with Gasteiger partial charge in [0.15, 0.2) is 0 Å². The quantitative estimate of drug-likeness (QED) is 0.721. The van der Waals surface area contributed by atoms with Crippen LogP contribution >= 0.6 is 0 Å². The molecule has 7 nitrogen and oxygen atoms in total. The van der Waals surface area contributed by atoms with Gasteiger partial charge >= 0.3 is 6.01 Å². The van der Waals surface area contributed by atoms with E-state index in [4.69, 9.17) is 9.84 Å². The lowest BCUT2D eigenvalue weighted by molar-refractivity contribution is 0.298. The number of anilines is 2. The highest BCUT2D eigenvalue weighted by Crippen LogP contribution is 2.30. The Hall–Kier alpha value is -1.63. The average molecular weight is 253 g/mol. The van der Waals surface area contributed by atoms with Crippen LogP contribution in [0.1, 0.15) is 19.8 Å². The van der Waals surface area contributed by atoms with E-state index < -0.39 is 0 Å². The summed E-state index contributed by atoms with van der Waals surface area (Å²) >= 11 is 0. The van der Waals surface area contributed by atoms with E-state index in [2.05, 4.69) is 20.3 Å². The Balaban J connectivity index is 2.25. The molecule has 100 valence electrons. The summed E-state index contributed by atoms with van der Waals surface area (Å²) < 4.78 is 5.33. The van der Waals surface area contributed by atoms with Crippen LogP contribution in [-0.2, 0) is 0 Å². The van der Waals surface area contributed by atoms with Gasteiger partial charge in [-0.3, -0.25) is 0 Å². The van der Waals surface area contributed by atoms with Crippen LogP contribution in [0, 0.1) is 0 Å². The molecular weight excluding hydrogens is 234 g/mol. The number of aliphatic hydroxyl groups is 1. The van der Waals surface area contributed by atoms with Crippen LogP contribution < -0.4 is 15.0 Å². The van der Waals surface area contributed by atoms with E-state index in [0.29, 0.717) is 37.1 Å². The molecule has 1 aliphatic rings. The second kappa shape index (κ2) is 5.81. The van der Waals surface area contributed by atoms with Crippen LogP contribution in [0.25, 0.3) is 0 Å². The van der Waals surface area contributed by atoms with Gasteiger partial charge in [-0.15, -0.1) is 0 Å². The van der Waals surface area contributed by atoms with Gasteiger partial charge in [-0.1, -0.05) is 0 Å². The monoisotopic (exact) mass is 253 g/mol. The van der Waals surface area contributed by atoms with Gasteiger partial charge in [0.2, 0.25) is 11.9 Å². The van der Waals surface area contributed by atoms with E-state index in [1.165, 1.54) is 0 Å². The number of hydrogen-bond donors (Lipinski definition) is 2. The summed E-state index contributed by atoms with van der Waals surface area (Å²) in [5, 5.41) is 12.0. The van der Waals surface area contributed by atoms with Crippen molar-refractivity contribution in [2.45, 2.75) is 25.8 Å². The van der Waals surface area contributed by atoms with Gasteiger partial charge in [0.05, 0.1) is 13.2 Å². The van der Waals surface area contributed by atoms with Gasteiger partial charge in [-0.2, -0.15) is 15.0 Å². The Morgan fingerprint density at radius 2 is 2.17 bits per heavy atom. The number of ether oxygens (including phenoxy) is 1. The van der Waals surface area contributed by atoms with Crippen molar-refractivity contribution >= 4 is 11.9 Å². The highest BCUT2D eigenvalue weighted by molar-refractivity contribution is 5.40. The summed E-state index contributed by atoms with van der Waals surface area (Å²) in [5.41, 5.74) is 0. The lowest BCUT2D eigenvalue weighted by Gasteiger charge is -2.21. The Bertz CT molecular complexity index is 397. The summed E-state index contributed by atoms with van der Waals surface area (Å²) in [7, 11) is 1.75. The van der Waals surface area contributed by atoms with Gasteiger partial charge < -0.3 is 20.1 Å². The average Bonchev–Trinajstić information content (AvgIpc) is 3.20. The van der Waals surface area contributed by atoms with Crippen LogP contribution in [0.15, 0.2) is 0 Å². The molecule has 1 aromatic heterocycles. The molecule has 7 heteroatoms. The third-order valence-corrected chi connectivity index (χ3v) is 2.69. The number of aromatic nitrogens is 3. The molecule has 0 atom stereocenters. The summed E-state index contributed by atoms with van der Waals surface area (Å²) in [6, 6.07) is 0.745. The standard InChI is InChI=1S/C11H19N5O2/c1-3-18-11-14-9(12-2)13-10(15-11)16(6-7-17)8-4-5-8/h8,17H,3-7H2,1-2H3,(H,12,13,14,15). The highest BCUT2D eigenvalue weighted by Gasteiger charge is 2.31. The number of rotatable bonds is 7. The van der Waals surface area contributed by atoms with Crippen LogP contribution in [0.4, 0.5) is 11.9 Å². The third-order valence-electron chi connectivity index (χ3n) is 2.69. The highest BCUT2D eigenvalue weighted by atomic mass is 16.5. The second-order valence-electron chi connectivity index (χ2n) is 4.07. The lowest BCUT2D eigenvalue weighted by Crippen LogP contribution is -2.31. The molecule has 18 heavy (non-hydrogen) atoms. The van der Waals surface area contributed by atoms with Crippen molar-refractivity contribution < 1.29 is 9.84 Å². The predicted molar refractivity (Wildman–Crippen MR) is 68.0 cm³/mol. The fourth-order valence-electron chi connectivity index (χ4n) is 1.72. The van der Waals surface area contributed by atoms with Crippen LogP contribution in [0.5, 0.6) is 6.01 Å². The first kappa shape index (κ1) is 12.8. The van der Waals surface area contributed by atoms with Crippen LogP contribution in [-0.4, -0.2) is 52.9 Å². The smallest absolute Gasteiger partial charge is 0.323 e. The molecule has 0 bridgehead atoms. The molecule has 2 N–H and O–H groups in total. The maximum absolute atomic E-state index is 9.11. The van der Waals surface area contributed by atoms with E-state index in [1.807, 2.05) is 11.8 Å². The normalized spacial score (nSPS) is 14.4. The first-order valence-electron chi connectivity index (χ1n) is 6.22. The maximum atomic E-state index is 9.11. The number of aliphatic hydroxyl groups excluding tert-OH is 1. The van der Waals surface area contributed by atoms with Crippen LogP contribution in [0.3, 0.4) is 0 Å². The van der Waals surface area contributed by atoms with Crippen molar-refractivity contribution in [2.24, 2.45) is 0 Å². The van der Waals surface area contributed by atoms with Crippen molar-refractivity contribution in [1.82, 2.24) is 15.0 Å². The summed E-state index contributed by atoms with van der Waals surface area (Å²) in [6.45, 7) is 3.01. The molecule has 1 saturated carbocycles. The van der Waals surface area contributed by atoms with E-state index in [-0.39, 0.29) is 6.61 Å². The first-order chi connectivity index (χ1) is 8.78. The zero-order chi connectivity index (χ0) is 13.0. The molecule has 0 radical (unpaired) electrons. The SMILES string of the molecule is CCOc1nc(NC)nc(N(CCO)C2CC2)n1. The number of nitrogens with zero attached hydrogens (tertiary/aromatic N) is 4. The van der Waals surface area contributed by atoms with Crippen molar-refractivity contribution in [1.29, 1.82) is 0 Å². The zero-order valence-corrected chi connectivity index (χ0v) is 10.8. The maximum Gasteiger partial charge on any atom is 0.323 e. The minimum Gasteiger partial charge on any atom is -0.464 e. The van der Waals surface area contributed by atoms with Gasteiger partial charge in [0.25, 0.3) is 0 Å². The molecule has 1 heterocycles. The lowest BCUT2D eigenvalue weighted by atomic mass is 10.5. The van der Waals surface area contributed by atoms with Crippen LogP contribution in [0.2, 0.25) is 0 Å². The minimum absolute atomic E-state index is 0.0844. The fourth-order valence-corrected chi connectivity index (χ4v) is 1.72. The molecule has 1 fully saturated rings. The molecule has 1 aliphatic carbocycles. The fraction of sp³-hybridized carbons (Fsp3) is 0.727. The topological polar surface area (TPSA) is 83.4 Å². The van der Waals surface area contributed by atoms with Crippen molar-refractivity contribution in [2.75, 3.05) is 37.0 Å². The molecular formula is C11H19N5O2. The Kier molecular flexibility index (Phi) is 4.14. The van der Waals surface area contributed by atoms with E-state index in [9.17, 15) is 0 Å². The molecule has 0 aliphatic heterocycles. The summed E-state index contributed by atoms with van der Waals surface area (Å²) in [5.74, 6) is 1.04. The van der Waals surface area contributed by atoms with Crippen molar-refractivity contribution in [3.63, 3.8) is 0 Å². The molecule has 0 spiro atoms. The van der Waals surface area contributed by atoms with Gasteiger partial charge in [-0.25, -0.2) is 0 Å². The van der Waals surface area contributed by atoms with E-state index in [0.717, 1.165) is 12.8 Å². The second-order valence-corrected chi connectivity index (χ2v) is 4.07. The third kappa shape index (κ3) is 2.98. The molecule has 1 aromatic rings.